The van der Waals surface area contributed by atoms with E-state index in [1.807, 2.05) is 85.8 Å². The number of nitrogens with zero attached hydrogens (tertiary/aromatic N) is 1. The Kier molecular flexibility index (Phi) is 8.26. The molecule has 0 saturated carbocycles. The molecule has 5 rings (SSSR count). The van der Waals surface area contributed by atoms with Crippen molar-refractivity contribution in [2.24, 2.45) is 0 Å². The number of hydrogen-bond acceptors (Lipinski definition) is 5. The summed E-state index contributed by atoms with van der Waals surface area (Å²) >= 11 is 9.13. The maximum atomic E-state index is 13.3. The number of hydrogen-bond donors (Lipinski definition) is 0. The number of rotatable bonds is 8. The van der Waals surface area contributed by atoms with Gasteiger partial charge in [-0.2, -0.15) is 0 Å². The van der Waals surface area contributed by atoms with E-state index in [0.29, 0.717) is 34.6 Å². The van der Waals surface area contributed by atoms with Gasteiger partial charge < -0.3 is 9.47 Å². The summed E-state index contributed by atoms with van der Waals surface area (Å²) in [6, 6.07) is 25.1. The van der Waals surface area contributed by atoms with Gasteiger partial charge in [0.15, 0.2) is 11.5 Å². The van der Waals surface area contributed by atoms with Crippen molar-refractivity contribution in [1.82, 2.24) is 4.90 Å². The predicted molar refractivity (Wildman–Crippen MR) is 162 cm³/mol. The van der Waals surface area contributed by atoms with E-state index < -0.39 is 0 Å². The third-order valence-electron chi connectivity index (χ3n) is 6.01. The van der Waals surface area contributed by atoms with Crippen molar-refractivity contribution in [2.75, 3.05) is 6.61 Å². The molecule has 4 aromatic carbocycles. The molecule has 0 N–H and O–H groups in total. The summed E-state index contributed by atoms with van der Waals surface area (Å²) in [6.45, 7) is 2.95. The van der Waals surface area contributed by atoms with Gasteiger partial charge in [-0.3, -0.25) is 14.5 Å². The van der Waals surface area contributed by atoms with Gasteiger partial charge in [-0.1, -0.05) is 66.2 Å². The minimum Gasteiger partial charge on any atom is -0.490 e. The Labute approximate surface area is 243 Å². The second kappa shape index (κ2) is 11.8. The molecule has 1 fully saturated rings. The van der Waals surface area contributed by atoms with Crippen LogP contribution in [0.3, 0.4) is 0 Å². The number of carbonyl (C=O) groups excluding carboxylic acids is 2. The molecule has 0 spiro atoms. The standard InChI is InChI=1S/C30H23ClINO4S/c1-2-36-26-15-20(14-25(32)28(26)37-18-19-10-12-23(31)13-11-19)16-27-29(34)33(30(35)38-27)17-22-8-5-7-21-6-3-4-9-24(21)22/h3-16H,2,17-18H2,1H3/b27-16+. The van der Waals surface area contributed by atoms with Crippen LogP contribution in [0.4, 0.5) is 4.79 Å². The molecule has 0 atom stereocenters. The molecule has 0 aromatic heterocycles. The summed E-state index contributed by atoms with van der Waals surface area (Å²) in [5.41, 5.74) is 2.67. The number of imide groups is 1. The molecule has 5 nitrogen and oxygen atoms in total. The van der Waals surface area contributed by atoms with E-state index in [1.54, 1.807) is 6.08 Å². The van der Waals surface area contributed by atoms with Gasteiger partial charge in [0.05, 0.1) is 21.6 Å². The van der Waals surface area contributed by atoms with Crippen LogP contribution in [0.15, 0.2) is 83.8 Å². The highest BCUT2D eigenvalue weighted by Gasteiger charge is 2.35. The van der Waals surface area contributed by atoms with Crippen LogP contribution < -0.4 is 9.47 Å². The number of fused-ring (bicyclic) bond motifs is 1. The van der Waals surface area contributed by atoms with Crippen molar-refractivity contribution >= 4 is 73.9 Å². The molecule has 1 heterocycles. The van der Waals surface area contributed by atoms with Crippen LogP contribution in [-0.2, 0) is 17.9 Å². The molecule has 192 valence electrons. The Hall–Kier alpha value is -3.01. The summed E-state index contributed by atoms with van der Waals surface area (Å²) < 4.78 is 12.8. The molecule has 4 aromatic rings. The maximum absolute atomic E-state index is 13.3. The first-order valence-corrected chi connectivity index (χ1v) is 14.3. The Balaban J connectivity index is 1.38. The van der Waals surface area contributed by atoms with Crippen LogP contribution in [0, 0.1) is 3.57 Å². The Morgan fingerprint density at radius 2 is 1.74 bits per heavy atom. The molecule has 0 unspecified atom stereocenters. The van der Waals surface area contributed by atoms with Gasteiger partial charge in [0.1, 0.15) is 6.61 Å². The van der Waals surface area contributed by atoms with Gasteiger partial charge in [-0.15, -0.1) is 0 Å². The number of ether oxygens (including phenoxy) is 2. The zero-order valence-corrected chi connectivity index (χ0v) is 24.2. The lowest BCUT2D eigenvalue weighted by Gasteiger charge is -2.15. The third kappa shape index (κ3) is 5.85. The highest BCUT2D eigenvalue weighted by atomic mass is 127. The molecule has 1 aliphatic rings. The molecular weight excluding hydrogens is 633 g/mol. The van der Waals surface area contributed by atoms with Crippen molar-refractivity contribution in [3.63, 3.8) is 0 Å². The average molecular weight is 656 g/mol. The van der Waals surface area contributed by atoms with Crippen LogP contribution in [0.25, 0.3) is 16.8 Å². The highest BCUT2D eigenvalue weighted by molar-refractivity contribution is 14.1. The van der Waals surface area contributed by atoms with Crippen molar-refractivity contribution < 1.29 is 19.1 Å². The molecule has 2 amide bonds. The predicted octanol–water partition coefficient (Wildman–Crippen LogP) is 8.31. The van der Waals surface area contributed by atoms with E-state index in [-0.39, 0.29) is 17.7 Å². The topological polar surface area (TPSA) is 55.8 Å². The number of halogens is 2. The first kappa shape index (κ1) is 26.6. The van der Waals surface area contributed by atoms with Crippen molar-refractivity contribution in [2.45, 2.75) is 20.1 Å². The number of benzene rings is 4. The smallest absolute Gasteiger partial charge is 0.293 e. The van der Waals surface area contributed by atoms with Gasteiger partial charge in [0.2, 0.25) is 0 Å². The van der Waals surface area contributed by atoms with E-state index in [0.717, 1.165) is 42.8 Å². The first-order valence-electron chi connectivity index (χ1n) is 12.0. The van der Waals surface area contributed by atoms with Crippen molar-refractivity contribution in [3.8, 4) is 11.5 Å². The summed E-state index contributed by atoms with van der Waals surface area (Å²) in [4.78, 5) is 27.8. The molecule has 0 bridgehead atoms. The van der Waals surface area contributed by atoms with Gasteiger partial charge in [-0.25, -0.2) is 0 Å². The zero-order chi connectivity index (χ0) is 26.6. The summed E-state index contributed by atoms with van der Waals surface area (Å²) in [7, 11) is 0. The minimum atomic E-state index is -0.302. The normalized spacial score (nSPS) is 14.5. The second-order valence-electron chi connectivity index (χ2n) is 8.58. The highest BCUT2D eigenvalue weighted by Crippen LogP contribution is 2.38. The zero-order valence-electron chi connectivity index (χ0n) is 20.4. The first-order chi connectivity index (χ1) is 18.4. The van der Waals surface area contributed by atoms with Crippen LogP contribution in [-0.4, -0.2) is 22.7 Å². The fourth-order valence-electron chi connectivity index (χ4n) is 4.20. The lowest BCUT2D eigenvalue weighted by molar-refractivity contribution is -0.123. The molecule has 8 heteroatoms. The average Bonchev–Trinajstić information content (AvgIpc) is 3.17. The van der Waals surface area contributed by atoms with Crippen molar-refractivity contribution in [1.29, 1.82) is 0 Å². The van der Waals surface area contributed by atoms with Crippen LogP contribution in [0.1, 0.15) is 23.6 Å². The fraction of sp³-hybridized carbons (Fsp3) is 0.133. The lowest BCUT2D eigenvalue weighted by Crippen LogP contribution is -2.27. The molecular formula is C30H23ClINO4S. The third-order valence-corrected chi connectivity index (χ3v) is 7.97. The molecule has 1 saturated heterocycles. The molecule has 38 heavy (non-hydrogen) atoms. The van der Waals surface area contributed by atoms with Crippen LogP contribution in [0.5, 0.6) is 11.5 Å². The van der Waals surface area contributed by atoms with Crippen LogP contribution >= 0.6 is 46.0 Å². The number of amides is 2. The van der Waals surface area contributed by atoms with Gasteiger partial charge in [-0.05, 0) is 99.1 Å². The minimum absolute atomic E-state index is 0.225. The van der Waals surface area contributed by atoms with Crippen molar-refractivity contribution in [3.05, 3.63) is 109 Å². The monoisotopic (exact) mass is 655 g/mol. The Morgan fingerprint density at radius 1 is 0.974 bits per heavy atom. The van der Waals surface area contributed by atoms with Crippen LogP contribution in [0.2, 0.25) is 5.02 Å². The van der Waals surface area contributed by atoms with E-state index in [9.17, 15) is 9.59 Å². The van der Waals surface area contributed by atoms with Gasteiger partial charge in [0.25, 0.3) is 11.1 Å². The molecule has 0 aliphatic carbocycles. The molecule has 1 aliphatic heterocycles. The molecule has 0 radical (unpaired) electrons. The van der Waals surface area contributed by atoms with E-state index in [1.165, 1.54) is 4.90 Å². The van der Waals surface area contributed by atoms with Gasteiger partial charge >= 0.3 is 0 Å². The van der Waals surface area contributed by atoms with E-state index in [2.05, 4.69) is 22.6 Å². The lowest BCUT2D eigenvalue weighted by atomic mass is 10.0. The number of carbonyl (C=O) groups is 2. The SMILES string of the molecule is CCOc1cc(/C=C2/SC(=O)N(Cc3cccc4ccccc34)C2=O)cc(I)c1OCc1ccc(Cl)cc1. The Bertz CT molecular complexity index is 1550. The van der Waals surface area contributed by atoms with Gasteiger partial charge in [0, 0.05) is 5.02 Å². The quantitative estimate of drug-likeness (QED) is 0.141. The van der Waals surface area contributed by atoms with E-state index >= 15 is 0 Å². The summed E-state index contributed by atoms with van der Waals surface area (Å²) in [5.74, 6) is 0.905. The largest absolute Gasteiger partial charge is 0.490 e. The fourth-order valence-corrected chi connectivity index (χ4v) is 5.94. The Morgan fingerprint density at radius 3 is 2.53 bits per heavy atom. The second-order valence-corrected chi connectivity index (χ2v) is 11.2. The maximum Gasteiger partial charge on any atom is 0.293 e. The van der Waals surface area contributed by atoms with E-state index in [4.69, 9.17) is 21.1 Å². The number of thioether (sulfide) groups is 1. The summed E-state index contributed by atoms with van der Waals surface area (Å²) in [6.07, 6.45) is 1.74. The summed E-state index contributed by atoms with van der Waals surface area (Å²) in [5, 5.41) is 2.49.